The number of carboxylic acids is 1. The van der Waals surface area contributed by atoms with Gasteiger partial charge in [-0.2, -0.15) is 0 Å². The number of amides is 1. The first-order valence-electron chi connectivity index (χ1n) is 10.4. The van der Waals surface area contributed by atoms with Crippen LogP contribution in [0.5, 0.6) is 5.75 Å². The van der Waals surface area contributed by atoms with Gasteiger partial charge in [0.05, 0.1) is 12.8 Å². The van der Waals surface area contributed by atoms with E-state index < -0.39 is 29.4 Å². The summed E-state index contributed by atoms with van der Waals surface area (Å²) in [5.41, 5.74) is 0.362. The molecule has 1 saturated carbocycles. The highest BCUT2D eigenvalue weighted by Crippen LogP contribution is 2.50. The number of rotatable bonds is 4. The van der Waals surface area contributed by atoms with Crippen LogP contribution >= 0.6 is 0 Å². The lowest BCUT2D eigenvalue weighted by Gasteiger charge is -2.35. The fourth-order valence-electron chi connectivity index (χ4n) is 5.18. The maximum absolute atomic E-state index is 15.4. The normalized spacial score (nSPS) is 28.4. The molecule has 30 heavy (non-hydrogen) atoms. The van der Waals surface area contributed by atoms with Gasteiger partial charge in [0.2, 0.25) is 5.91 Å². The molecule has 3 heterocycles. The zero-order chi connectivity index (χ0) is 21.2. The summed E-state index contributed by atoms with van der Waals surface area (Å²) in [6.45, 7) is 2.21. The molecule has 160 valence electrons. The van der Waals surface area contributed by atoms with Gasteiger partial charge in [-0.3, -0.25) is 14.4 Å². The van der Waals surface area contributed by atoms with E-state index in [0.29, 0.717) is 31.8 Å². The molecule has 9 heteroatoms. The number of hydrogen-bond donors (Lipinski definition) is 2. The van der Waals surface area contributed by atoms with E-state index in [1.165, 1.54) is 12.0 Å². The molecule has 4 aliphatic rings. The van der Waals surface area contributed by atoms with Crippen LogP contribution in [0.15, 0.2) is 6.07 Å². The Morgan fingerprint density at radius 1 is 1.23 bits per heavy atom. The zero-order valence-corrected chi connectivity index (χ0v) is 16.7. The van der Waals surface area contributed by atoms with Crippen LogP contribution in [0.3, 0.4) is 0 Å². The lowest BCUT2D eigenvalue weighted by molar-refractivity contribution is -0.144. The highest BCUT2D eigenvalue weighted by atomic mass is 19.1. The van der Waals surface area contributed by atoms with Crippen molar-refractivity contribution in [2.45, 2.75) is 37.8 Å². The van der Waals surface area contributed by atoms with Gasteiger partial charge in [-0.25, -0.2) is 4.39 Å². The average molecular weight is 417 g/mol. The van der Waals surface area contributed by atoms with Crippen molar-refractivity contribution in [3.63, 3.8) is 0 Å². The molecule has 0 bridgehead atoms. The van der Waals surface area contributed by atoms with Gasteiger partial charge < -0.3 is 25.0 Å². The first-order chi connectivity index (χ1) is 14.4. The van der Waals surface area contributed by atoms with Crippen LogP contribution in [0.25, 0.3) is 0 Å². The van der Waals surface area contributed by atoms with E-state index in [2.05, 4.69) is 5.32 Å². The predicted molar refractivity (Wildman–Crippen MR) is 106 cm³/mol. The van der Waals surface area contributed by atoms with Crippen molar-refractivity contribution >= 4 is 29.0 Å². The van der Waals surface area contributed by atoms with Crippen LogP contribution < -0.4 is 19.9 Å². The molecule has 1 aromatic carbocycles. The number of carbonyl (C=O) groups is 3. The number of methoxy groups -OCH3 is 1. The van der Waals surface area contributed by atoms with Crippen LogP contribution in [0.2, 0.25) is 0 Å². The highest BCUT2D eigenvalue weighted by Gasteiger charge is 2.51. The fourth-order valence-corrected chi connectivity index (χ4v) is 5.18. The van der Waals surface area contributed by atoms with Gasteiger partial charge in [0.25, 0.3) is 0 Å². The smallest absolute Gasteiger partial charge is 0.324 e. The number of benzene rings is 1. The zero-order valence-electron chi connectivity index (χ0n) is 16.7. The van der Waals surface area contributed by atoms with Crippen molar-refractivity contribution in [3.8, 4) is 5.75 Å². The van der Waals surface area contributed by atoms with E-state index in [4.69, 9.17) is 4.74 Å². The van der Waals surface area contributed by atoms with Gasteiger partial charge in [-0.15, -0.1) is 0 Å². The van der Waals surface area contributed by atoms with Gasteiger partial charge in [0, 0.05) is 30.7 Å². The van der Waals surface area contributed by atoms with Crippen LogP contribution in [-0.2, 0) is 9.59 Å². The number of carbonyl (C=O) groups excluding carboxylic acids is 2. The van der Waals surface area contributed by atoms with Gasteiger partial charge in [0.1, 0.15) is 5.69 Å². The summed E-state index contributed by atoms with van der Waals surface area (Å²) < 4.78 is 20.9. The third kappa shape index (κ3) is 2.79. The second-order valence-electron chi connectivity index (χ2n) is 8.58. The van der Waals surface area contributed by atoms with Gasteiger partial charge in [-0.05, 0) is 44.2 Å². The second kappa shape index (κ2) is 6.94. The molecule has 0 aromatic heterocycles. The van der Waals surface area contributed by atoms with Gasteiger partial charge >= 0.3 is 5.97 Å². The molecule has 1 aromatic rings. The molecule has 2 saturated heterocycles. The van der Waals surface area contributed by atoms with Crippen molar-refractivity contribution in [2.75, 3.05) is 36.5 Å². The van der Waals surface area contributed by atoms with E-state index in [-0.39, 0.29) is 34.8 Å². The van der Waals surface area contributed by atoms with Crippen LogP contribution in [0.1, 0.15) is 36.0 Å². The number of fused-ring (bicyclic) bond motifs is 2. The van der Waals surface area contributed by atoms with Crippen molar-refractivity contribution in [3.05, 3.63) is 17.4 Å². The molecule has 2 N–H and O–H groups in total. The fraction of sp³-hybridized carbons (Fsp3) is 0.571. The van der Waals surface area contributed by atoms with Crippen molar-refractivity contribution in [2.24, 2.45) is 11.8 Å². The SMILES string of the molecule is COc1c(N2C[C@@H]3CCCN[C@@H]3C2)c(F)cc2c1N(C1CC1)C(=O)C(C(=O)O)C2=O. The predicted octanol–water partition coefficient (Wildman–Crippen LogP) is 1.42. The molecule has 8 nitrogen and oxygen atoms in total. The number of carboxylic acid groups (broad SMARTS) is 1. The molecule has 0 spiro atoms. The van der Waals surface area contributed by atoms with Gasteiger partial charge in [0.15, 0.2) is 23.3 Å². The first kappa shape index (κ1) is 19.3. The molecular weight excluding hydrogens is 393 g/mol. The molecule has 1 unspecified atom stereocenters. The summed E-state index contributed by atoms with van der Waals surface area (Å²) in [6, 6.07) is 1.15. The number of Topliss-reactive ketones (excluding diaryl/α,β-unsaturated/α-hetero) is 1. The Morgan fingerprint density at radius 2 is 2.00 bits per heavy atom. The second-order valence-corrected chi connectivity index (χ2v) is 8.58. The molecule has 3 aliphatic heterocycles. The third-order valence-corrected chi connectivity index (χ3v) is 6.71. The summed E-state index contributed by atoms with van der Waals surface area (Å²) in [7, 11) is 1.39. The quantitative estimate of drug-likeness (QED) is 0.715. The lowest BCUT2D eigenvalue weighted by Crippen LogP contribution is -2.49. The van der Waals surface area contributed by atoms with E-state index in [1.54, 1.807) is 0 Å². The van der Waals surface area contributed by atoms with E-state index in [1.807, 2.05) is 4.90 Å². The molecular formula is C21H24FN3O5. The number of halogens is 1. The Kier molecular flexibility index (Phi) is 4.46. The molecule has 3 fully saturated rings. The minimum atomic E-state index is -1.84. The van der Waals surface area contributed by atoms with Crippen LogP contribution in [0, 0.1) is 17.7 Å². The van der Waals surface area contributed by atoms with E-state index >= 15 is 4.39 Å². The third-order valence-electron chi connectivity index (χ3n) is 6.71. The largest absolute Gasteiger partial charge is 0.492 e. The minimum absolute atomic E-state index is 0.0956. The Bertz CT molecular complexity index is 933. The number of nitrogens with one attached hydrogen (secondary N) is 1. The van der Waals surface area contributed by atoms with Gasteiger partial charge in [-0.1, -0.05) is 0 Å². The number of piperidine rings is 1. The maximum Gasteiger partial charge on any atom is 0.324 e. The molecule has 1 amide bonds. The number of ether oxygens (including phenoxy) is 1. The number of ketones is 1. The molecule has 1 aliphatic carbocycles. The summed E-state index contributed by atoms with van der Waals surface area (Å²) in [6.07, 6.45) is 3.56. The Morgan fingerprint density at radius 3 is 2.63 bits per heavy atom. The Labute approximate surface area is 173 Å². The Hall–Kier alpha value is -2.68. The summed E-state index contributed by atoms with van der Waals surface area (Å²) in [5, 5.41) is 12.9. The summed E-state index contributed by atoms with van der Waals surface area (Å²) >= 11 is 0. The Balaban J connectivity index is 1.65. The van der Waals surface area contributed by atoms with E-state index in [0.717, 1.165) is 25.5 Å². The maximum atomic E-state index is 15.4. The van der Waals surface area contributed by atoms with Crippen molar-refractivity contribution in [1.82, 2.24) is 5.32 Å². The minimum Gasteiger partial charge on any atom is -0.492 e. The van der Waals surface area contributed by atoms with E-state index in [9.17, 15) is 19.5 Å². The van der Waals surface area contributed by atoms with Crippen molar-refractivity contribution < 1.29 is 28.6 Å². The summed E-state index contributed by atoms with van der Waals surface area (Å²) in [5.74, 6) is -5.10. The topological polar surface area (TPSA) is 99.2 Å². The molecule has 5 rings (SSSR count). The average Bonchev–Trinajstić information content (AvgIpc) is 3.45. The molecule has 3 atom stereocenters. The van der Waals surface area contributed by atoms with Crippen molar-refractivity contribution in [1.29, 1.82) is 0 Å². The van der Waals surface area contributed by atoms with Crippen LogP contribution in [-0.4, -0.2) is 61.6 Å². The monoisotopic (exact) mass is 417 g/mol. The highest BCUT2D eigenvalue weighted by molar-refractivity contribution is 6.31. The lowest BCUT2D eigenvalue weighted by atomic mass is 9.89. The van der Waals surface area contributed by atoms with Crippen LogP contribution in [0.4, 0.5) is 15.8 Å². The number of aliphatic carboxylic acids is 1. The first-order valence-corrected chi connectivity index (χ1v) is 10.4. The number of nitrogens with zero attached hydrogens (tertiary/aromatic N) is 2. The summed E-state index contributed by atoms with van der Waals surface area (Å²) in [4.78, 5) is 40.7. The number of anilines is 2. The molecule has 0 radical (unpaired) electrons. The number of hydrogen-bond acceptors (Lipinski definition) is 6. The standard InChI is InChI=1S/C21H24FN3O5/c1-30-19-16-12(18(26)15(21(28)29)20(27)25(16)11-4-5-11)7-13(22)17(19)24-8-10-3-2-6-23-14(10)9-24/h7,10-11,14-15,23H,2-6,8-9H2,1H3,(H,28,29)/t10-,14+,15?/m0/s1.